The maximum absolute atomic E-state index is 13.6. The van der Waals surface area contributed by atoms with Gasteiger partial charge in [-0.05, 0) is 42.7 Å². The minimum Gasteiger partial charge on any atom is -0.318 e. The number of hydrogen-bond donors (Lipinski definition) is 2. The Morgan fingerprint density at radius 3 is 2.44 bits per heavy atom. The monoisotopic (exact) mass is 373 g/mol. The van der Waals surface area contributed by atoms with Crippen LogP contribution in [0.15, 0.2) is 36.4 Å². The molecule has 0 aromatic heterocycles. The molecule has 0 saturated carbocycles. The van der Waals surface area contributed by atoms with E-state index in [1.165, 1.54) is 6.92 Å². The SMILES string of the molecule is CC(=O)N1CCCc2ccc(NC(=O)C(=O)Nc3ccc(F)cc3F)cc21. The third-order valence-corrected chi connectivity index (χ3v) is 4.23. The van der Waals surface area contributed by atoms with Crippen molar-refractivity contribution in [2.45, 2.75) is 19.8 Å². The molecule has 1 aliphatic rings. The average molecular weight is 373 g/mol. The quantitative estimate of drug-likeness (QED) is 0.795. The minimum atomic E-state index is -1.10. The molecule has 2 aromatic carbocycles. The van der Waals surface area contributed by atoms with Crippen LogP contribution in [0, 0.1) is 11.6 Å². The molecule has 3 rings (SSSR count). The van der Waals surface area contributed by atoms with Crippen molar-refractivity contribution in [1.29, 1.82) is 0 Å². The lowest BCUT2D eigenvalue weighted by Gasteiger charge is -2.29. The summed E-state index contributed by atoms with van der Waals surface area (Å²) < 4.78 is 26.5. The largest absolute Gasteiger partial charge is 0.318 e. The van der Waals surface area contributed by atoms with Crippen LogP contribution in [0.4, 0.5) is 25.8 Å². The van der Waals surface area contributed by atoms with E-state index in [4.69, 9.17) is 0 Å². The van der Waals surface area contributed by atoms with Crippen LogP contribution in [0.3, 0.4) is 0 Å². The fourth-order valence-corrected chi connectivity index (χ4v) is 2.94. The Morgan fingerprint density at radius 2 is 1.74 bits per heavy atom. The summed E-state index contributed by atoms with van der Waals surface area (Å²) >= 11 is 0. The van der Waals surface area contributed by atoms with Gasteiger partial charge in [-0.15, -0.1) is 0 Å². The zero-order chi connectivity index (χ0) is 19.6. The molecule has 2 aromatic rings. The second kappa shape index (κ2) is 7.53. The van der Waals surface area contributed by atoms with E-state index in [1.54, 1.807) is 23.1 Å². The molecule has 6 nitrogen and oxygen atoms in total. The third kappa shape index (κ3) is 4.11. The van der Waals surface area contributed by atoms with Crippen LogP contribution in [0.25, 0.3) is 0 Å². The normalized spacial score (nSPS) is 12.9. The molecule has 3 amide bonds. The first kappa shape index (κ1) is 18.5. The summed E-state index contributed by atoms with van der Waals surface area (Å²) in [5, 5.41) is 4.51. The number of nitrogens with one attached hydrogen (secondary N) is 2. The number of halogens is 2. The van der Waals surface area contributed by atoms with Crippen molar-refractivity contribution in [3.8, 4) is 0 Å². The van der Waals surface area contributed by atoms with Gasteiger partial charge in [-0.2, -0.15) is 0 Å². The number of amides is 3. The number of carbonyl (C=O) groups is 3. The first-order chi connectivity index (χ1) is 12.8. The van der Waals surface area contributed by atoms with Gasteiger partial charge in [0.05, 0.1) is 5.69 Å². The first-order valence-corrected chi connectivity index (χ1v) is 8.33. The molecule has 0 bridgehead atoms. The molecule has 0 aliphatic carbocycles. The summed E-state index contributed by atoms with van der Waals surface area (Å²) in [6.07, 6.45) is 1.67. The highest BCUT2D eigenvalue weighted by Crippen LogP contribution is 2.30. The van der Waals surface area contributed by atoms with Crippen molar-refractivity contribution >= 4 is 34.8 Å². The number of hydrogen-bond acceptors (Lipinski definition) is 3. The number of anilines is 3. The van der Waals surface area contributed by atoms with Gasteiger partial charge in [0, 0.05) is 30.9 Å². The van der Waals surface area contributed by atoms with E-state index < -0.39 is 23.4 Å². The Labute approximate surface area is 154 Å². The number of fused-ring (bicyclic) bond motifs is 1. The van der Waals surface area contributed by atoms with Gasteiger partial charge in [0.2, 0.25) is 5.91 Å². The highest BCUT2D eigenvalue weighted by molar-refractivity contribution is 6.43. The van der Waals surface area contributed by atoms with Gasteiger partial charge < -0.3 is 15.5 Å². The van der Waals surface area contributed by atoms with E-state index in [0.717, 1.165) is 30.5 Å². The standard InChI is InChI=1S/C19H17F2N3O3/c1-11(25)24-8-2-3-12-4-6-14(10-17(12)24)22-18(26)19(27)23-16-7-5-13(20)9-15(16)21/h4-7,9-10H,2-3,8H2,1H3,(H,22,26)(H,23,27). The number of aryl methyl sites for hydroxylation is 1. The van der Waals surface area contributed by atoms with Gasteiger partial charge >= 0.3 is 11.8 Å². The van der Waals surface area contributed by atoms with Crippen LogP contribution in [0.1, 0.15) is 18.9 Å². The summed E-state index contributed by atoms with van der Waals surface area (Å²) in [4.78, 5) is 37.4. The Balaban J connectivity index is 1.73. The Morgan fingerprint density at radius 1 is 1.00 bits per heavy atom. The van der Waals surface area contributed by atoms with E-state index in [9.17, 15) is 23.2 Å². The van der Waals surface area contributed by atoms with Crippen LogP contribution in [0.2, 0.25) is 0 Å². The maximum Gasteiger partial charge on any atom is 0.314 e. The zero-order valence-corrected chi connectivity index (χ0v) is 14.5. The van der Waals surface area contributed by atoms with Gasteiger partial charge in [-0.1, -0.05) is 6.07 Å². The minimum absolute atomic E-state index is 0.107. The van der Waals surface area contributed by atoms with Gasteiger partial charge in [-0.3, -0.25) is 14.4 Å². The Bertz CT molecular complexity index is 930. The van der Waals surface area contributed by atoms with E-state index in [0.29, 0.717) is 24.0 Å². The fourth-order valence-electron chi connectivity index (χ4n) is 2.94. The fraction of sp³-hybridized carbons (Fsp3) is 0.211. The molecular formula is C19H17F2N3O3. The van der Waals surface area contributed by atoms with E-state index >= 15 is 0 Å². The van der Waals surface area contributed by atoms with Gasteiger partial charge in [-0.25, -0.2) is 8.78 Å². The van der Waals surface area contributed by atoms with Crippen LogP contribution < -0.4 is 15.5 Å². The number of carbonyl (C=O) groups excluding carboxylic acids is 3. The predicted octanol–water partition coefficient (Wildman–Crippen LogP) is 2.84. The molecule has 8 heteroatoms. The summed E-state index contributed by atoms with van der Waals surface area (Å²) in [6, 6.07) is 7.65. The molecule has 0 fully saturated rings. The lowest BCUT2D eigenvalue weighted by atomic mass is 10.0. The van der Waals surface area contributed by atoms with Gasteiger partial charge in [0.25, 0.3) is 0 Å². The topological polar surface area (TPSA) is 78.5 Å². The molecule has 140 valence electrons. The molecule has 27 heavy (non-hydrogen) atoms. The van der Waals surface area contributed by atoms with Crippen molar-refractivity contribution < 1.29 is 23.2 Å². The van der Waals surface area contributed by atoms with Crippen molar-refractivity contribution in [2.24, 2.45) is 0 Å². The van der Waals surface area contributed by atoms with Gasteiger partial charge in [0.15, 0.2) is 0 Å². The Kier molecular flexibility index (Phi) is 5.16. The van der Waals surface area contributed by atoms with Gasteiger partial charge in [0.1, 0.15) is 11.6 Å². The van der Waals surface area contributed by atoms with E-state index in [1.807, 2.05) is 0 Å². The Hall–Kier alpha value is -3.29. The summed E-state index contributed by atoms with van der Waals surface area (Å²) in [5.74, 6) is -3.99. The summed E-state index contributed by atoms with van der Waals surface area (Å²) in [5.41, 5.74) is 1.70. The van der Waals surface area contributed by atoms with Crippen LogP contribution in [0.5, 0.6) is 0 Å². The molecule has 0 atom stereocenters. The van der Waals surface area contributed by atoms with E-state index in [2.05, 4.69) is 10.6 Å². The molecule has 0 unspecified atom stereocenters. The molecule has 1 aliphatic heterocycles. The van der Waals surface area contributed by atoms with Crippen LogP contribution in [-0.4, -0.2) is 24.3 Å². The first-order valence-electron chi connectivity index (χ1n) is 8.33. The van der Waals surface area contributed by atoms with Crippen LogP contribution in [-0.2, 0) is 20.8 Å². The number of rotatable bonds is 2. The van der Waals surface area contributed by atoms with Crippen molar-refractivity contribution in [3.63, 3.8) is 0 Å². The second-order valence-corrected chi connectivity index (χ2v) is 6.15. The van der Waals surface area contributed by atoms with E-state index in [-0.39, 0.29) is 11.6 Å². The molecule has 0 spiro atoms. The maximum atomic E-state index is 13.6. The van der Waals surface area contributed by atoms with Crippen LogP contribution >= 0.6 is 0 Å². The van der Waals surface area contributed by atoms with Crippen molar-refractivity contribution in [3.05, 3.63) is 53.6 Å². The van der Waals surface area contributed by atoms with Crippen molar-refractivity contribution in [2.75, 3.05) is 22.1 Å². The number of nitrogens with zero attached hydrogens (tertiary/aromatic N) is 1. The molecule has 1 heterocycles. The smallest absolute Gasteiger partial charge is 0.314 e. The lowest BCUT2D eigenvalue weighted by molar-refractivity contribution is -0.133. The molecule has 0 radical (unpaired) electrons. The van der Waals surface area contributed by atoms with Crippen molar-refractivity contribution in [1.82, 2.24) is 0 Å². The second-order valence-electron chi connectivity index (χ2n) is 6.15. The molecular weight excluding hydrogens is 356 g/mol. The lowest BCUT2D eigenvalue weighted by Crippen LogP contribution is -2.34. The predicted molar refractivity (Wildman–Crippen MR) is 96.4 cm³/mol. The highest BCUT2D eigenvalue weighted by Gasteiger charge is 2.22. The summed E-state index contributed by atoms with van der Waals surface area (Å²) in [7, 11) is 0. The molecule has 0 saturated heterocycles. The third-order valence-electron chi connectivity index (χ3n) is 4.23. The highest BCUT2D eigenvalue weighted by atomic mass is 19.1. The average Bonchev–Trinajstić information content (AvgIpc) is 2.63. The molecule has 2 N–H and O–H groups in total. The summed E-state index contributed by atoms with van der Waals surface area (Å²) in [6.45, 7) is 2.05. The zero-order valence-electron chi connectivity index (χ0n) is 14.5. The number of benzene rings is 2.